The maximum absolute atomic E-state index is 11.0. The minimum Gasteiger partial charge on any atom is -0.493 e. The monoisotopic (exact) mass is 214 g/mol. The van der Waals surface area contributed by atoms with Crippen molar-refractivity contribution in [2.45, 2.75) is 38.7 Å². The van der Waals surface area contributed by atoms with E-state index in [0.29, 0.717) is 5.57 Å². The Labute approximate surface area is 89.6 Å². The summed E-state index contributed by atoms with van der Waals surface area (Å²) in [5.74, 6) is 0. The number of hydrogen-bond donors (Lipinski definition) is 0. The van der Waals surface area contributed by atoms with Gasteiger partial charge in [-0.25, -0.2) is 0 Å². The molecule has 1 heterocycles. The zero-order chi connectivity index (χ0) is 10.4. The molecule has 0 fully saturated rings. The molecule has 1 rings (SSSR count). The van der Waals surface area contributed by atoms with Crippen molar-refractivity contribution < 1.29 is 9.53 Å². The van der Waals surface area contributed by atoms with Gasteiger partial charge in [0.25, 0.3) is 5.24 Å². The molecule has 78 valence electrons. The van der Waals surface area contributed by atoms with Gasteiger partial charge in [0.1, 0.15) is 6.10 Å². The molecule has 1 atom stereocenters. The molecule has 1 aliphatic rings. The van der Waals surface area contributed by atoms with Crippen molar-refractivity contribution in [2.24, 2.45) is 0 Å². The zero-order valence-corrected chi connectivity index (χ0v) is 9.09. The maximum atomic E-state index is 11.0. The molecule has 1 unspecified atom stereocenters. The van der Waals surface area contributed by atoms with Crippen molar-refractivity contribution in [3.63, 3.8) is 0 Å². The van der Waals surface area contributed by atoms with Crippen LogP contribution in [0.2, 0.25) is 0 Å². The summed E-state index contributed by atoms with van der Waals surface area (Å²) < 4.78 is 5.34. The van der Waals surface area contributed by atoms with E-state index >= 15 is 0 Å². The average molecular weight is 215 g/mol. The van der Waals surface area contributed by atoms with E-state index in [-0.39, 0.29) is 6.10 Å². The maximum Gasteiger partial charge on any atom is 0.252 e. The van der Waals surface area contributed by atoms with E-state index in [9.17, 15) is 4.79 Å². The van der Waals surface area contributed by atoms with Crippen LogP contribution in [0.1, 0.15) is 32.6 Å². The van der Waals surface area contributed by atoms with Crippen LogP contribution in [-0.4, -0.2) is 11.3 Å². The molecule has 1 aliphatic heterocycles. The molecule has 0 saturated heterocycles. The molecule has 0 amide bonds. The summed E-state index contributed by atoms with van der Waals surface area (Å²) >= 11 is 5.44. The van der Waals surface area contributed by atoms with Crippen LogP contribution in [0.4, 0.5) is 0 Å². The molecule has 3 heteroatoms. The number of halogens is 1. The molecule has 2 nitrogen and oxygen atoms in total. The summed E-state index contributed by atoms with van der Waals surface area (Å²) in [6.45, 7) is 2.14. The van der Waals surface area contributed by atoms with Gasteiger partial charge in [0.2, 0.25) is 0 Å². The first-order valence-corrected chi connectivity index (χ1v) is 5.35. The van der Waals surface area contributed by atoms with Crippen molar-refractivity contribution in [1.29, 1.82) is 0 Å². The third kappa shape index (κ3) is 3.18. The van der Waals surface area contributed by atoms with E-state index in [0.717, 1.165) is 25.7 Å². The number of carbonyl (C=O) groups is 1. The topological polar surface area (TPSA) is 26.3 Å². The summed E-state index contributed by atoms with van der Waals surface area (Å²) in [7, 11) is 0. The molecule has 0 radical (unpaired) electrons. The normalized spacial score (nSPS) is 20.1. The van der Waals surface area contributed by atoms with Crippen LogP contribution >= 0.6 is 11.6 Å². The van der Waals surface area contributed by atoms with Crippen molar-refractivity contribution in [1.82, 2.24) is 0 Å². The first-order valence-electron chi connectivity index (χ1n) is 4.97. The number of ether oxygens (including phenoxy) is 1. The van der Waals surface area contributed by atoms with Gasteiger partial charge in [-0.15, -0.1) is 0 Å². The predicted octanol–water partition coefficient (Wildman–Crippen LogP) is 3.17. The van der Waals surface area contributed by atoms with Gasteiger partial charge in [-0.3, -0.25) is 4.79 Å². The highest BCUT2D eigenvalue weighted by Gasteiger charge is 2.20. The lowest BCUT2D eigenvalue weighted by Crippen LogP contribution is -2.19. The second-order valence-corrected chi connectivity index (χ2v) is 3.69. The van der Waals surface area contributed by atoms with E-state index in [1.165, 1.54) is 0 Å². The van der Waals surface area contributed by atoms with Crippen LogP contribution in [0.3, 0.4) is 0 Å². The van der Waals surface area contributed by atoms with E-state index in [1.807, 2.05) is 0 Å². The second-order valence-electron chi connectivity index (χ2n) is 3.34. The molecule has 0 aromatic carbocycles. The van der Waals surface area contributed by atoms with Gasteiger partial charge >= 0.3 is 0 Å². The van der Waals surface area contributed by atoms with Crippen LogP contribution in [0, 0.1) is 0 Å². The van der Waals surface area contributed by atoms with Crippen molar-refractivity contribution >= 4 is 16.8 Å². The Hall–Kier alpha value is -0.760. The quantitative estimate of drug-likeness (QED) is 0.519. The van der Waals surface area contributed by atoms with E-state index in [4.69, 9.17) is 16.3 Å². The number of allylic oxidation sites excluding steroid dienone is 2. The molecular weight excluding hydrogens is 200 g/mol. The van der Waals surface area contributed by atoms with Gasteiger partial charge in [-0.05, 0) is 36.6 Å². The molecule has 0 N–H and O–H groups in total. The molecule has 0 aliphatic carbocycles. The van der Waals surface area contributed by atoms with Gasteiger partial charge < -0.3 is 4.74 Å². The average Bonchev–Trinajstić information content (AvgIpc) is 2.19. The Kier molecular flexibility index (Phi) is 4.74. The lowest BCUT2D eigenvalue weighted by atomic mass is 10.0. The molecule has 0 spiro atoms. The Morgan fingerprint density at radius 1 is 1.57 bits per heavy atom. The van der Waals surface area contributed by atoms with Crippen molar-refractivity contribution in [3.05, 3.63) is 24.0 Å². The number of rotatable bonds is 5. The van der Waals surface area contributed by atoms with Gasteiger partial charge in [-0.2, -0.15) is 0 Å². The zero-order valence-electron chi connectivity index (χ0n) is 8.33. The summed E-state index contributed by atoms with van der Waals surface area (Å²) in [4.78, 5) is 11.0. The molecule has 0 saturated carbocycles. The van der Waals surface area contributed by atoms with E-state index in [1.54, 1.807) is 18.4 Å². The molecular formula is C11H15ClO2. The second kappa shape index (κ2) is 5.86. The Bertz CT molecular complexity index is 256. The van der Waals surface area contributed by atoms with Crippen molar-refractivity contribution in [2.75, 3.05) is 0 Å². The largest absolute Gasteiger partial charge is 0.493 e. The molecule has 0 bridgehead atoms. The fourth-order valence-corrected chi connectivity index (χ4v) is 1.64. The molecule has 0 aromatic heterocycles. The Balaban J connectivity index is 2.47. The smallest absolute Gasteiger partial charge is 0.252 e. The fourth-order valence-electron chi connectivity index (χ4n) is 1.46. The highest BCUT2D eigenvalue weighted by atomic mass is 35.5. The summed E-state index contributed by atoms with van der Waals surface area (Å²) in [5, 5.41) is -0.407. The van der Waals surface area contributed by atoms with E-state index < -0.39 is 5.24 Å². The van der Waals surface area contributed by atoms with Crippen LogP contribution in [0.25, 0.3) is 0 Å². The third-order valence-corrected chi connectivity index (χ3v) is 2.46. The van der Waals surface area contributed by atoms with Crippen LogP contribution in [-0.2, 0) is 9.53 Å². The van der Waals surface area contributed by atoms with Gasteiger partial charge in [-0.1, -0.05) is 19.8 Å². The third-order valence-electron chi connectivity index (χ3n) is 2.24. The van der Waals surface area contributed by atoms with Gasteiger partial charge in [0.05, 0.1) is 11.8 Å². The Morgan fingerprint density at radius 2 is 2.36 bits per heavy atom. The minimum atomic E-state index is -0.407. The number of carbonyl (C=O) groups excluding carboxylic acids is 1. The SMILES string of the molecule is CCCCCC1OC=CC=C1C(=O)Cl. The first-order chi connectivity index (χ1) is 6.75. The summed E-state index contributed by atoms with van der Waals surface area (Å²) in [6.07, 6.45) is 9.15. The number of hydrogen-bond acceptors (Lipinski definition) is 2. The summed E-state index contributed by atoms with van der Waals surface area (Å²) in [5.41, 5.74) is 0.574. The minimum absolute atomic E-state index is 0.142. The van der Waals surface area contributed by atoms with Crippen LogP contribution in [0.15, 0.2) is 24.0 Å². The van der Waals surface area contributed by atoms with Crippen LogP contribution in [0.5, 0.6) is 0 Å². The highest BCUT2D eigenvalue weighted by molar-refractivity contribution is 6.67. The lowest BCUT2D eigenvalue weighted by molar-refractivity contribution is -0.109. The number of unbranched alkanes of at least 4 members (excludes halogenated alkanes) is 2. The summed E-state index contributed by atoms with van der Waals surface area (Å²) in [6, 6.07) is 0. The highest BCUT2D eigenvalue weighted by Crippen LogP contribution is 2.20. The molecule has 0 aromatic rings. The van der Waals surface area contributed by atoms with Crippen molar-refractivity contribution in [3.8, 4) is 0 Å². The fraction of sp³-hybridized carbons (Fsp3) is 0.545. The molecule has 14 heavy (non-hydrogen) atoms. The van der Waals surface area contributed by atoms with Crippen LogP contribution < -0.4 is 0 Å². The first kappa shape index (κ1) is 11.3. The Morgan fingerprint density at radius 3 is 3.00 bits per heavy atom. The standard InChI is InChI=1S/C11H15ClO2/c1-2-3-4-7-10-9(11(12)13)6-5-8-14-10/h5-6,8,10H,2-4,7H2,1H3. The van der Waals surface area contributed by atoms with Gasteiger partial charge in [0.15, 0.2) is 0 Å². The van der Waals surface area contributed by atoms with E-state index in [2.05, 4.69) is 6.92 Å². The predicted molar refractivity (Wildman–Crippen MR) is 57.1 cm³/mol. The van der Waals surface area contributed by atoms with Gasteiger partial charge in [0, 0.05) is 0 Å². The lowest BCUT2D eigenvalue weighted by Gasteiger charge is -2.19.